The Hall–Kier alpha value is -1.60. The monoisotopic (exact) mass is 314 g/mol. The summed E-state index contributed by atoms with van der Waals surface area (Å²) in [5, 5.41) is 11.6. The van der Waals surface area contributed by atoms with Crippen molar-refractivity contribution in [3.63, 3.8) is 0 Å². The normalized spacial score (nSPS) is 11.3. The minimum Gasteiger partial charge on any atom is -0.481 e. The maximum absolute atomic E-state index is 11.9. The lowest BCUT2D eigenvalue weighted by Gasteiger charge is -2.11. The molecule has 0 radical (unpaired) electrons. The molecule has 0 spiro atoms. The van der Waals surface area contributed by atoms with E-state index < -0.39 is 16.0 Å². The van der Waals surface area contributed by atoms with Gasteiger partial charge in [0.05, 0.1) is 5.69 Å². The molecule has 1 aromatic rings. The van der Waals surface area contributed by atoms with Gasteiger partial charge in [0.2, 0.25) is 10.0 Å². The van der Waals surface area contributed by atoms with Gasteiger partial charge in [-0.05, 0) is 32.0 Å². The molecule has 7 heteroatoms. The van der Waals surface area contributed by atoms with Gasteiger partial charge >= 0.3 is 5.97 Å². The average molecular weight is 314 g/mol. The minimum atomic E-state index is -3.47. The molecule has 6 nitrogen and oxygen atoms in total. The van der Waals surface area contributed by atoms with Gasteiger partial charge in [0.1, 0.15) is 4.90 Å². The molecule has 0 aliphatic carbocycles. The lowest BCUT2D eigenvalue weighted by Crippen LogP contribution is -2.20. The highest BCUT2D eigenvalue weighted by Gasteiger charge is 2.15. The average Bonchev–Trinajstić information content (AvgIpc) is 2.46. The van der Waals surface area contributed by atoms with Gasteiger partial charge < -0.3 is 10.4 Å². The number of rotatable bonds is 10. The number of hydrogen-bond acceptors (Lipinski definition) is 4. The van der Waals surface area contributed by atoms with Crippen LogP contribution in [0.1, 0.15) is 32.1 Å². The van der Waals surface area contributed by atoms with Crippen molar-refractivity contribution in [2.24, 2.45) is 0 Å². The summed E-state index contributed by atoms with van der Waals surface area (Å²) in [5.74, 6) is -0.765. The molecule has 118 valence electrons. The van der Waals surface area contributed by atoms with E-state index >= 15 is 0 Å². The zero-order valence-corrected chi connectivity index (χ0v) is 12.9. The molecule has 1 aromatic carbocycles. The summed E-state index contributed by atoms with van der Waals surface area (Å²) in [6.45, 7) is 0.656. The van der Waals surface area contributed by atoms with E-state index in [1.165, 1.54) is 7.05 Å². The number of hydrogen-bond donors (Lipinski definition) is 3. The first-order valence-corrected chi connectivity index (χ1v) is 8.44. The third-order valence-electron chi connectivity index (χ3n) is 3.08. The minimum absolute atomic E-state index is 0.205. The lowest BCUT2D eigenvalue weighted by molar-refractivity contribution is -0.137. The highest BCUT2D eigenvalue weighted by atomic mass is 32.2. The molecule has 0 bridgehead atoms. The van der Waals surface area contributed by atoms with Crippen LogP contribution in [0.25, 0.3) is 0 Å². The number of carbonyl (C=O) groups is 1. The third kappa shape index (κ3) is 6.14. The first kappa shape index (κ1) is 17.5. The van der Waals surface area contributed by atoms with Crippen LogP contribution >= 0.6 is 0 Å². The Kier molecular flexibility index (Phi) is 7.18. The van der Waals surface area contributed by atoms with Gasteiger partial charge in [0, 0.05) is 13.0 Å². The van der Waals surface area contributed by atoms with Gasteiger partial charge in [-0.2, -0.15) is 0 Å². The van der Waals surface area contributed by atoms with Crippen LogP contribution in [-0.2, 0) is 14.8 Å². The summed E-state index contributed by atoms with van der Waals surface area (Å²) in [6.07, 6.45) is 3.54. The van der Waals surface area contributed by atoms with Gasteiger partial charge in [-0.3, -0.25) is 4.79 Å². The molecule has 0 saturated carbocycles. The number of benzene rings is 1. The van der Waals surface area contributed by atoms with Crippen molar-refractivity contribution in [2.45, 2.75) is 37.0 Å². The summed E-state index contributed by atoms with van der Waals surface area (Å²) in [4.78, 5) is 10.6. The maximum Gasteiger partial charge on any atom is 0.303 e. The number of unbranched alkanes of at least 4 members (excludes halogenated alkanes) is 3. The molecular formula is C14H22N2O4S. The van der Waals surface area contributed by atoms with E-state index in [0.29, 0.717) is 18.7 Å². The Morgan fingerprint density at radius 2 is 1.81 bits per heavy atom. The molecule has 0 unspecified atom stereocenters. The molecule has 21 heavy (non-hydrogen) atoms. The Balaban J connectivity index is 2.41. The zero-order chi connectivity index (χ0) is 15.7. The van der Waals surface area contributed by atoms with Crippen molar-refractivity contribution >= 4 is 21.7 Å². The van der Waals surface area contributed by atoms with E-state index in [4.69, 9.17) is 5.11 Å². The number of carboxylic acid groups (broad SMARTS) is 1. The Bertz CT molecular complexity index is 558. The summed E-state index contributed by atoms with van der Waals surface area (Å²) in [7, 11) is -2.08. The summed E-state index contributed by atoms with van der Waals surface area (Å²) >= 11 is 0. The van der Waals surface area contributed by atoms with E-state index in [1.807, 2.05) is 0 Å². The van der Waals surface area contributed by atoms with Crippen LogP contribution in [0.15, 0.2) is 29.2 Å². The predicted molar refractivity (Wildman–Crippen MR) is 81.9 cm³/mol. The van der Waals surface area contributed by atoms with Crippen molar-refractivity contribution in [1.82, 2.24) is 4.72 Å². The van der Waals surface area contributed by atoms with Gasteiger partial charge in [-0.25, -0.2) is 13.1 Å². The number of aliphatic carboxylic acids is 1. The predicted octanol–water partition coefficient (Wildman–Crippen LogP) is 2.04. The summed E-state index contributed by atoms with van der Waals surface area (Å²) in [5.41, 5.74) is 0.581. The maximum atomic E-state index is 11.9. The number of nitrogens with one attached hydrogen (secondary N) is 2. The fourth-order valence-corrected chi connectivity index (χ4v) is 2.84. The smallest absolute Gasteiger partial charge is 0.303 e. The number of carboxylic acids is 1. The van der Waals surface area contributed by atoms with Gasteiger partial charge in [0.15, 0.2) is 0 Å². The van der Waals surface area contributed by atoms with E-state index in [0.717, 1.165) is 19.3 Å². The molecule has 3 N–H and O–H groups in total. The lowest BCUT2D eigenvalue weighted by atomic mass is 10.1. The Morgan fingerprint density at radius 1 is 1.14 bits per heavy atom. The van der Waals surface area contributed by atoms with Gasteiger partial charge in [-0.1, -0.05) is 25.0 Å². The molecule has 0 aliphatic rings. The second-order valence-electron chi connectivity index (χ2n) is 4.69. The Morgan fingerprint density at radius 3 is 2.48 bits per heavy atom. The van der Waals surface area contributed by atoms with Crippen LogP contribution in [-0.4, -0.2) is 33.1 Å². The van der Waals surface area contributed by atoms with Gasteiger partial charge in [-0.15, -0.1) is 0 Å². The van der Waals surface area contributed by atoms with Crippen LogP contribution in [0.3, 0.4) is 0 Å². The standard InChI is InChI=1S/C14H22N2O4S/c1-15-21(19,20)13-9-6-5-8-12(13)16-11-7-3-2-4-10-14(17)18/h5-6,8-9,15-16H,2-4,7,10-11H2,1H3,(H,17,18). The molecule has 0 heterocycles. The quantitative estimate of drug-likeness (QED) is 0.574. The molecule has 0 aromatic heterocycles. The van der Waals surface area contributed by atoms with E-state index in [9.17, 15) is 13.2 Å². The summed E-state index contributed by atoms with van der Waals surface area (Å²) < 4.78 is 26.0. The van der Waals surface area contributed by atoms with Crippen LogP contribution in [0.5, 0.6) is 0 Å². The fourth-order valence-electron chi connectivity index (χ4n) is 1.93. The van der Waals surface area contributed by atoms with Crippen molar-refractivity contribution in [2.75, 3.05) is 18.9 Å². The second-order valence-corrected chi connectivity index (χ2v) is 6.54. The third-order valence-corrected chi connectivity index (χ3v) is 4.55. The van der Waals surface area contributed by atoms with Crippen LogP contribution in [0.2, 0.25) is 0 Å². The molecule has 0 saturated heterocycles. The van der Waals surface area contributed by atoms with Crippen LogP contribution in [0.4, 0.5) is 5.69 Å². The van der Waals surface area contributed by atoms with Crippen molar-refractivity contribution in [1.29, 1.82) is 0 Å². The fraction of sp³-hybridized carbons (Fsp3) is 0.500. The first-order chi connectivity index (χ1) is 9.97. The van der Waals surface area contributed by atoms with Gasteiger partial charge in [0.25, 0.3) is 0 Å². The molecule has 0 aliphatic heterocycles. The molecule has 1 rings (SSSR count). The first-order valence-electron chi connectivity index (χ1n) is 6.95. The highest BCUT2D eigenvalue weighted by molar-refractivity contribution is 7.89. The molecular weight excluding hydrogens is 292 g/mol. The molecule has 0 fully saturated rings. The van der Waals surface area contributed by atoms with Crippen LogP contribution < -0.4 is 10.0 Å². The van der Waals surface area contributed by atoms with E-state index in [-0.39, 0.29) is 11.3 Å². The largest absolute Gasteiger partial charge is 0.481 e. The number of sulfonamides is 1. The summed E-state index contributed by atoms with van der Waals surface area (Å²) in [6, 6.07) is 6.75. The Labute approximate surface area is 125 Å². The zero-order valence-electron chi connectivity index (χ0n) is 12.1. The molecule has 0 amide bonds. The van der Waals surface area contributed by atoms with E-state index in [2.05, 4.69) is 10.0 Å². The SMILES string of the molecule is CNS(=O)(=O)c1ccccc1NCCCCCCC(=O)O. The van der Waals surface area contributed by atoms with Crippen LogP contribution in [0, 0.1) is 0 Å². The highest BCUT2D eigenvalue weighted by Crippen LogP contribution is 2.20. The molecule has 0 atom stereocenters. The van der Waals surface area contributed by atoms with Crippen molar-refractivity contribution in [3.05, 3.63) is 24.3 Å². The number of para-hydroxylation sites is 1. The topological polar surface area (TPSA) is 95.5 Å². The van der Waals surface area contributed by atoms with Crippen molar-refractivity contribution < 1.29 is 18.3 Å². The van der Waals surface area contributed by atoms with Crippen molar-refractivity contribution in [3.8, 4) is 0 Å². The number of anilines is 1. The second kappa shape index (κ2) is 8.63. The van der Waals surface area contributed by atoms with E-state index in [1.54, 1.807) is 24.3 Å².